The van der Waals surface area contributed by atoms with Gasteiger partial charge in [0.1, 0.15) is 0 Å². The predicted molar refractivity (Wildman–Crippen MR) is 70.9 cm³/mol. The zero-order valence-corrected chi connectivity index (χ0v) is 11.2. The summed E-state index contributed by atoms with van der Waals surface area (Å²) in [6.07, 6.45) is 7.81. The fourth-order valence-corrected chi connectivity index (χ4v) is 4.33. The second-order valence-corrected chi connectivity index (χ2v) is 6.58. The third kappa shape index (κ3) is 3.38. The number of aliphatic hydroxyl groups is 1. The van der Waals surface area contributed by atoms with Crippen molar-refractivity contribution in [2.75, 3.05) is 25.1 Å². The highest BCUT2D eigenvalue weighted by Gasteiger charge is 2.28. The minimum Gasteiger partial charge on any atom is -0.391 e. The van der Waals surface area contributed by atoms with Crippen molar-refractivity contribution in [2.45, 2.75) is 50.7 Å². The standard InChI is InChI=1S/C13H25NOS/c1-14-7-8-16-10-12(14)13(15)9-11-5-3-2-4-6-11/h11-13,15H,2-10H2,1H3. The third-order valence-electron chi connectivity index (χ3n) is 4.19. The second kappa shape index (κ2) is 6.27. The molecule has 2 unspecified atom stereocenters. The quantitative estimate of drug-likeness (QED) is 0.823. The monoisotopic (exact) mass is 243 g/mol. The van der Waals surface area contributed by atoms with Gasteiger partial charge in [0.2, 0.25) is 0 Å². The fraction of sp³-hybridized carbons (Fsp3) is 1.00. The van der Waals surface area contributed by atoms with Gasteiger partial charge in [-0.05, 0) is 19.4 Å². The molecule has 0 amide bonds. The van der Waals surface area contributed by atoms with E-state index in [-0.39, 0.29) is 6.10 Å². The van der Waals surface area contributed by atoms with Crippen molar-refractivity contribution in [1.82, 2.24) is 4.90 Å². The van der Waals surface area contributed by atoms with E-state index in [4.69, 9.17) is 0 Å². The van der Waals surface area contributed by atoms with Crippen LogP contribution in [-0.2, 0) is 0 Å². The molecule has 0 aromatic heterocycles. The Morgan fingerprint density at radius 3 is 2.75 bits per heavy atom. The smallest absolute Gasteiger partial charge is 0.0705 e. The minimum atomic E-state index is -0.0964. The molecular weight excluding hydrogens is 218 g/mol. The number of thioether (sulfide) groups is 1. The van der Waals surface area contributed by atoms with Crippen LogP contribution in [0.2, 0.25) is 0 Å². The molecule has 1 aliphatic carbocycles. The second-order valence-electron chi connectivity index (χ2n) is 5.43. The molecule has 1 saturated carbocycles. The van der Waals surface area contributed by atoms with Crippen molar-refractivity contribution in [3.63, 3.8) is 0 Å². The zero-order chi connectivity index (χ0) is 11.4. The molecule has 1 saturated heterocycles. The largest absolute Gasteiger partial charge is 0.391 e. The van der Waals surface area contributed by atoms with Crippen LogP contribution in [0.5, 0.6) is 0 Å². The summed E-state index contributed by atoms with van der Waals surface area (Å²) in [5.41, 5.74) is 0. The highest BCUT2D eigenvalue weighted by Crippen LogP contribution is 2.29. The van der Waals surface area contributed by atoms with Crippen LogP contribution in [0.4, 0.5) is 0 Å². The lowest BCUT2D eigenvalue weighted by Crippen LogP contribution is -2.47. The highest BCUT2D eigenvalue weighted by atomic mass is 32.2. The molecule has 0 spiro atoms. The van der Waals surface area contributed by atoms with Gasteiger partial charge in [-0.3, -0.25) is 4.90 Å². The molecule has 3 heteroatoms. The Kier molecular flexibility index (Phi) is 4.98. The molecule has 2 nitrogen and oxygen atoms in total. The van der Waals surface area contributed by atoms with Crippen LogP contribution in [0.15, 0.2) is 0 Å². The Morgan fingerprint density at radius 1 is 1.31 bits per heavy atom. The SMILES string of the molecule is CN1CCSCC1C(O)CC1CCCCC1. The lowest BCUT2D eigenvalue weighted by atomic mass is 9.84. The van der Waals surface area contributed by atoms with Crippen LogP contribution >= 0.6 is 11.8 Å². The molecule has 1 N–H and O–H groups in total. The third-order valence-corrected chi connectivity index (χ3v) is 5.24. The molecule has 1 heterocycles. The minimum absolute atomic E-state index is 0.0964. The van der Waals surface area contributed by atoms with Gasteiger partial charge in [-0.15, -0.1) is 0 Å². The van der Waals surface area contributed by atoms with E-state index in [1.165, 1.54) is 37.9 Å². The van der Waals surface area contributed by atoms with Gasteiger partial charge in [0.05, 0.1) is 6.10 Å². The number of hydrogen-bond acceptors (Lipinski definition) is 3. The summed E-state index contributed by atoms with van der Waals surface area (Å²) in [5.74, 6) is 3.14. The van der Waals surface area contributed by atoms with Gasteiger partial charge in [-0.1, -0.05) is 32.1 Å². The number of likely N-dealkylation sites (N-methyl/N-ethyl adjacent to an activating group) is 1. The van der Waals surface area contributed by atoms with Gasteiger partial charge >= 0.3 is 0 Å². The lowest BCUT2D eigenvalue weighted by Gasteiger charge is -2.37. The number of aliphatic hydroxyl groups excluding tert-OH is 1. The van der Waals surface area contributed by atoms with E-state index >= 15 is 0 Å². The van der Waals surface area contributed by atoms with E-state index in [1.807, 2.05) is 11.8 Å². The normalized spacial score (nSPS) is 31.5. The van der Waals surface area contributed by atoms with Crippen LogP contribution in [0, 0.1) is 5.92 Å². The maximum atomic E-state index is 10.3. The Bertz CT molecular complexity index is 206. The van der Waals surface area contributed by atoms with Crippen molar-refractivity contribution in [3.8, 4) is 0 Å². The van der Waals surface area contributed by atoms with Gasteiger partial charge in [0, 0.05) is 24.1 Å². The molecule has 2 aliphatic rings. The van der Waals surface area contributed by atoms with Gasteiger partial charge in [-0.25, -0.2) is 0 Å². The summed E-state index contributed by atoms with van der Waals surface area (Å²) in [5, 5.41) is 10.3. The topological polar surface area (TPSA) is 23.5 Å². The maximum Gasteiger partial charge on any atom is 0.0705 e. The molecule has 2 rings (SSSR count). The average molecular weight is 243 g/mol. The molecule has 94 valence electrons. The highest BCUT2D eigenvalue weighted by molar-refractivity contribution is 7.99. The molecular formula is C13H25NOS. The van der Waals surface area contributed by atoms with E-state index in [2.05, 4.69) is 11.9 Å². The van der Waals surface area contributed by atoms with Gasteiger partial charge < -0.3 is 5.11 Å². The summed E-state index contributed by atoms with van der Waals surface area (Å²) >= 11 is 2.00. The summed E-state index contributed by atoms with van der Waals surface area (Å²) in [7, 11) is 2.16. The van der Waals surface area contributed by atoms with Crippen molar-refractivity contribution >= 4 is 11.8 Å². The molecule has 0 bridgehead atoms. The van der Waals surface area contributed by atoms with Crippen molar-refractivity contribution in [3.05, 3.63) is 0 Å². The fourth-order valence-electron chi connectivity index (χ4n) is 3.03. The Labute approximate surface area is 104 Å². The van der Waals surface area contributed by atoms with Crippen molar-refractivity contribution < 1.29 is 5.11 Å². The summed E-state index contributed by atoms with van der Waals surface area (Å²) in [6, 6.07) is 0.403. The maximum absolute atomic E-state index is 10.3. The first-order valence-electron chi connectivity index (χ1n) is 6.73. The summed E-state index contributed by atoms with van der Waals surface area (Å²) in [4.78, 5) is 2.35. The van der Waals surface area contributed by atoms with E-state index in [1.54, 1.807) is 0 Å². The number of hydrogen-bond donors (Lipinski definition) is 1. The van der Waals surface area contributed by atoms with Crippen molar-refractivity contribution in [2.24, 2.45) is 5.92 Å². The van der Waals surface area contributed by atoms with Crippen molar-refractivity contribution in [1.29, 1.82) is 0 Å². The number of rotatable bonds is 3. The Hall–Kier alpha value is 0.270. The van der Waals surface area contributed by atoms with Crippen LogP contribution in [0.3, 0.4) is 0 Å². The average Bonchev–Trinajstić information content (AvgIpc) is 2.31. The molecule has 0 radical (unpaired) electrons. The van der Waals surface area contributed by atoms with E-state index in [0.717, 1.165) is 24.6 Å². The van der Waals surface area contributed by atoms with Crippen LogP contribution in [-0.4, -0.2) is 47.3 Å². The van der Waals surface area contributed by atoms with E-state index < -0.39 is 0 Å². The van der Waals surface area contributed by atoms with E-state index in [0.29, 0.717) is 6.04 Å². The van der Waals surface area contributed by atoms with E-state index in [9.17, 15) is 5.11 Å². The van der Waals surface area contributed by atoms with Crippen LogP contribution < -0.4 is 0 Å². The molecule has 2 fully saturated rings. The first-order chi connectivity index (χ1) is 7.77. The Morgan fingerprint density at radius 2 is 2.06 bits per heavy atom. The zero-order valence-electron chi connectivity index (χ0n) is 10.4. The first kappa shape index (κ1) is 12.7. The molecule has 16 heavy (non-hydrogen) atoms. The summed E-state index contributed by atoms with van der Waals surface area (Å²) < 4.78 is 0. The first-order valence-corrected chi connectivity index (χ1v) is 7.89. The van der Waals surface area contributed by atoms with Gasteiger partial charge in [-0.2, -0.15) is 11.8 Å². The molecule has 2 atom stereocenters. The van der Waals surface area contributed by atoms with Crippen LogP contribution in [0.25, 0.3) is 0 Å². The van der Waals surface area contributed by atoms with Gasteiger partial charge in [0.15, 0.2) is 0 Å². The molecule has 0 aromatic rings. The Balaban J connectivity index is 1.78. The lowest BCUT2D eigenvalue weighted by molar-refractivity contribution is 0.0511. The number of nitrogens with zero attached hydrogens (tertiary/aromatic N) is 1. The van der Waals surface area contributed by atoms with Crippen LogP contribution in [0.1, 0.15) is 38.5 Å². The summed E-state index contributed by atoms with van der Waals surface area (Å²) in [6.45, 7) is 1.14. The predicted octanol–water partition coefficient (Wildman–Crippen LogP) is 2.36. The molecule has 0 aromatic carbocycles. The molecule has 1 aliphatic heterocycles. The van der Waals surface area contributed by atoms with Gasteiger partial charge in [0.25, 0.3) is 0 Å².